The Hall–Kier alpha value is -4.64. The number of aryl methyl sites for hydroxylation is 2. The van der Waals surface area contributed by atoms with Crippen molar-refractivity contribution < 1.29 is 4.79 Å². The fourth-order valence-electron chi connectivity index (χ4n) is 8.70. The number of guanidine groups is 1. The Labute approximate surface area is 290 Å². The molecule has 4 fully saturated rings. The number of nitrogens with one attached hydrogen (secondary N) is 2. The second-order valence-corrected chi connectivity index (χ2v) is 15.3. The summed E-state index contributed by atoms with van der Waals surface area (Å²) in [5, 5.41) is 13.7. The standard InChI is InChI=1S/C41H49N7O/c1-26-18-27(2)20-32(19-26)38-37(28(3)22-44-40(45-25-42)47-17-14-31(24-47)30-12-15-43-16-13-30)35-21-33(8-11-36(35)46-38)41(4,5)39(49)48-23-29-6-9-34(48)10-7-29/h8,11-13,15-16,18-21,28-29,31,34,46H,6-7,9-10,14,17,22-24H2,1-5H3,(H,44,45). The number of aromatic amines is 1. The van der Waals surface area contributed by atoms with E-state index < -0.39 is 5.41 Å². The first kappa shape index (κ1) is 32.9. The quantitative estimate of drug-likeness (QED) is 0.0927. The number of benzene rings is 2. The summed E-state index contributed by atoms with van der Waals surface area (Å²) in [4.78, 5) is 31.6. The van der Waals surface area contributed by atoms with Crippen LogP contribution in [0.1, 0.15) is 92.5 Å². The molecule has 49 heavy (non-hydrogen) atoms. The summed E-state index contributed by atoms with van der Waals surface area (Å²) in [7, 11) is 0. The number of amides is 1. The minimum Gasteiger partial charge on any atom is -0.354 e. The fourth-order valence-corrected chi connectivity index (χ4v) is 8.70. The van der Waals surface area contributed by atoms with Gasteiger partial charge in [0, 0.05) is 67.4 Å². The number of pyridine rings is 1. The van der Waals surface area contributed by atoms with E-state index in [1.54, 1.807) is 0 Å². The van der Waals surface area contributed by atoms with Gasteiger partial charge in [0.25, 0.3) is 0 Å². The first-order valence-electron chi connectivity index (χ1n) is 18.0. The summed E-state index contributed by atoms with van der Waals surface area (Å²) < 4.78 is 0. The minimum absolute atomic E-state index is 0.0329. The Bertz CT molecular complexity index is 1890. The number of hydrogen-bond acceptors (Lipinski definition) is 4. The number of likely N-dealkylation sites (tertiary alicyclic amines) is 1. The average molecular weight is 656 g/mol. The number of carbonyl (C=O) groups excluding carboxylic acids is 1. The van der Waals surface area contributed by atoms with Crippen LogP contribution < -0.4 is 5.32 Å². The van der Waals surface area contributed by atoms with Gasteiger partial charge in [0.1, 0.15) is 0 Å². The molecule has 2 aromatic heterocycles. The molecular formula is C41H49N7O. The van der Waals surface area contributed by atoms with Crippen LogP contribution in [0.5, 0.6) is 0 Å². The molecule has 2 N–H and O–H groups in total. The molecule has 0 spiro atoms. The van der Waals surface area contributed by atoms with Crippen molar-refractivity contribution in [2.45, 2.75) is 90.0 Å². The third-order valence-corrected chi connectivity index (χ3v) is 11.4. The highest BCUT2D eigenvalue weighted by Crippen LogP contribution is 2.41. The number of rotatable bonds is 7. The van der Waals surface area contributed by atoms with Gasteiger partial charge in [-0.25, -0.2) is 0 Å². The molecule has 1 aliphatic carbocycles. The summed E-state index contributed by atoms with van der Waals surface area (Å²) in [6.45, 7) is 13.7. The number of piperidine rings is 2. The first-order valence-corrected chi connectivity index (χ1v) is 18.0. The topological polar surface area (TPSA) is 100 Å². The van der Waals surface area contributed by atoms with Crippen molar-refractivity contribution in [1.82, 2.24) is 25.1 Å². The lowest BCUT2D eigenvalue weighted by Crippen LogP contribution is -2.55. The Kier molecular flexibility index (Phi) is 8.96. The molecule has 1 amide bonds. The van der Waals surface area contributed by atoms with E-state index in [2.05, 4.69) is 114 Å². The van der Waals surface area contributed by atoms with E-state index in [1.165, 1.54) is 35.1 Å². The van der Waals surface area contributed by atoms with Crippen molar-refractivity contribution in [3.63, 3.8) is 0 Å². The highest BCUT2D eigenvalue weighted by atomic mass is 16.2. The molecule has 4 aliphatic rings. The largest absolute Gasteiger partial charge is 0.354 e. The maximum atomic E-state index is 14.2. The zero-order valence-electron chi connectivity index (χ0n) is 29.6. The molecule has 2 unspecified atom stereocenters. The van der Waals surface area contributed by atoms with Crippen molar-refractivity contribution in [2.75, 3.05) is 26.2 Å². The van der Waals surface area contributed by atoms with E-state index in [9.17, 15) is 10.1 Å². The predicted octanol–water partition coefficient (Wildman–Crippen LogP) is 7.55. The molecule has 8 rings (SSSR count). The molecule has 8 nitrogen and oxygen atoms in total. The number of nitriles is 1. The Morgan fingerprint density at radius 3 is 2.45 bits per heavy atom. The normalized spacial score (nSPS) is 21.6. The molecule has 2 atom stereocenters. The van der Waals surface area contributed by atoms with Gasteiger partial charge < -0.3 is 14.8 Å². The van der Waals surface area contributed by atoms with Crippen molar-refractivity contribution >= 4 is 22.8 Å². The lowest BCUT2D eigenvalue weighted by molar-refractivity contribution is -0.144. The fraction of sp³-hybridized carbons (Fsp3) is 0.463. The van der Waals surface area contributed by atoms with Gasteiger partial charge in [-0.05, 0) is 124 Å². The molecule has 3 saturated heterocycles. The van der Waals surface area contributed by atoms with E-state index in [4.69, 9.17) is 4.99 Å². The summed E-state index contributed by atoms with van der Waals surface area (Å²) in [5.74, 6) is 1.93. The summed E-state index contributed by atoms with van der Waals surface area (Å²) >= 11 is 0. The number of carbonyl (C=O) groups is 1. The van der Waals surface area contributed by atoms with E-state index in [-0.39, 0.29) is 11.8 Å². The Balaban J connectivity index is 1.23. The highest BCUT2D eigenvalue weighted by molar-refractivity contribution is 5.95. The number of hydrogen-bond donors (Lipinski definition) is 2. The van der Waals surface area contributed by atoms with Crippen LogP contribution >= 0.6 is 0 Å². The third-order valence-electron chi connectivity index (χ3n) is 11.4. The van der Waals surface area contributed by atoms with E-state index in [1.807, 2.05) is 12.4 Å². The van der Waals surface area contributed by atoms with Crippen LogP contribution in [0.4, 0.5) is 0 Å². The van der Waals surface area contributed by atoms with Crippen molar-refractivity contribution in [3.8, 4) is 17.5 Å². The van der Waals surface area contributed by atoms with Crippen LogP contribution in [0, 0.1) is 31.2 Å². The number of aliphatic imine (C=N–C) groups is 1. The maximum absolute atomic E-state index is 14.2. The Morgan fingerprint density at radius 1 is 1.04 bits per heavy atom. The van der Waals surface area contributed by atoms with E-state index in [0.717, 1.165) is 66.6 Å². The van der Waals surface area contributed by atoms with Gasteiger partial charge in [0.15, 0.2) is 6.19 Å². The van der Waals surface area contributed by atoms with Crippen LogP contribution in [0.15, 0.2) is 65.9 Å². The second kappa shape index (κ2) is 13.3. The molecular weight excluding hydrogens is 606 g/mol. The van der Waals surface area contributed by atoms with Gasteiger partial charge in [-0.2, -0.15) is 5.26 Å². The maximum Gasteiger partial charge on any atom is 0.232 e. The second-order valence-electron chi connectivity index (χ2n) is 15.3. The van der Waals surface area contributed by atoms with Crippen LogP contribution in [0.25, 0.3) is 22.2 Å². The molecule has 4 aromatic rings. The molecule has 0 radical (unpaired) electrons. The highest BCUT2D eigenvalue weighted by Gasteiger charge is 2.42. The van der Waals surface area contributed by atoms with Crippen LogP contribution in [-0.2, 0) is 10.2 Å². The van der Waals surface area contributed by atoms with Gasteiger partial charge in [-0.3, -0.25) is 20.1 Å². The average Bonchev–Trinajstić information content (AvgIpc) is 3.76. The van der Waals surface area contributed by atoms with E-state index in [0.29, 0.717) is 30.4 Å². The number of nitrogens with zero attached hydrogens (tertiary/aromatic N) is 5. The lowest BCUT2D eigenvalue weighted by Gasteiger charge is -2.47. The monoisotopic (exact) mass is 655 g/mol. The number of fused-ring (bicyclic) bond motifs is 4. The van der Waals surface area contributed by atoms with Gasteiger partial charge >= 0.3 is 0 Å². The molecule has 8 heteroatoms. The van der Waals surface area contributed by atoms with Gasteiger partial charge in [0.2, 0.25) is 11.9 Å². The van der Waals surface area contributed by atoms with Crippen molar-refractivity contribution in [2.24, 2.45) is 10.9 Å². The van der Waals surface area contributed by atoms with E-state index >= 15 is 0 Å². The lowest BCUT2D eigenvalue weighted by atomic mass is 9.76. The molecule has 2 aromatic carbocycles. The van der Waals surface area contributed by atoms with Gasteiger partial charge in [-0.1, -0.05) is 30.2 Å². The van der Waals surface area contributed by atoms with Gasteiger partial charge in [-0.15, -0.1) is 0 Å². The molecule has 5 heterocycles. The minimum atomic E-state index is -0.646. The molecule has 1 saturated carbocycles. The zero-order valence-corrected chi connectivity index (χ0v) is 29.6. The zero-order chi connectivity index (χ0) is 34.3. The van der Waals surface area contributed by atoms with Gasteiger partial charge in [0.05, 0.1) is 11.1 Å². The predicted molar refractivity (Wildman–Crippen MR) is 196 cm³/mol. The van der Waals surface area contributed by atoms with Crippen LogP contribution in [0.2, 0.25) is 0 Å². The molecule has 254 valence electrons. The SMILES string of the molecule is Cc1cc(C)cc(-c2[nH]c3ccc(C(C)(C)C(=O)N4CC5CCC4CC5)cc3c2C(C)CN=C(NC#N)N2CCC(c3ccncc3)C2)c1. The van der Waals surface area contributed by atoms with Crippen LogP contribution in [0.3, 0.4) is 0 Å². The third kappa shape index (κ3) is 6.44. The summed E-state index contributed by atoms with van der Waals surface area (Å²) in [6, 6.07) is 17.8. The summed E-state index contributed by atoms with van der Waals surface area (Å²) in [5.41, 5.74) is 8.58. The Morgan fingerprint density at radius 2 is 1.78 bits per heavy atom. The van der Waals surface area contributed by atoms with Crippen molar-refractivity contribution in [3.05, 3.63) is 88.7 Å². The first-order chi connectivity index (χ1) is 23.6. The number of H-pyrrole nitrogens is 1. The van der Waals surface area contributed by atoms with Crippen molar-refractivity contribution in [1.29, 1.82) is 5.26 Å². The smallest absolute Gasteiger partial charge is 0.232 e. The summed E-state index contributed by atoms with van der Waals surface area (Å²) in [6.07, 6.45) is 11.6. The van der Waals surface area contributed by atoms with Crippen LogP contribution in [-0.4, -0.2) is 63.9 Å². The number of aromatic nitrogens is 2. The molecule has 3 aliphatic heterocycles. The molecule has 2 bridgehead atoms.